The molecular weight excluding hydrogens is 1990 g/mol. The molecule has 0 radical (unpaired) electrons. The zero-order chi connectivity index (χ0) is 105. The third-order valence-corrected chi connectivity index (χ3v) is 28.5. The molecule has 19 rings (SSSR count). The van der Waals surface area contributed by atoms with E-state index in [9.17, 15) is 38.4 Å². The topological polar surface area (TPSA) is 660 Å². The van der Waals surface area contributed by atoms with Crippen molar-refractivity contribution < 1.29 is 47.6 Å². The van der Waals surface area contributed by atoms with E-state index in [1.807, 2.05) is 133 Å². The van der Waals surface area contributed by atoms with Crippen LogP contribution in [0.25, 0.3) is 21.8 Å². The number of thiazole rings is 1. The molecule has 3 aromatic carbocycles. The van der Waals surface area contributed by atoms with Gasteiger partial charge in [0.05, 0.1) is 72.3 Å². The fraction of sp³-hybridized carbons (Fsp3) is 0.400. The Balaban J connectivity index is 0.000000140. The fourth-order valence-corrected chi connectivity index (χ4v) is 19.1. The van der Waals surface area contributed by atoms with Crippen molar-refractivity contribution in [1.82, 2.24) is 122 Å². The smallest absolute Gasteiger partial charge is 0.280 e. The number of nitrogens with two attached hydrogens (primary N) is 7. The van der Waals surface area contributed by atoms with Gasteiger partial charge in [-0.15, -0.1) is 11.3 Å². The van der Waals surface area contributed by atoms with Crippen LogP contribution < -0.4 is 92.9 Å². The summed E-state index contributed by atoms with van der Waals surface area (Å²) < 4.78 is 10.9. The maximum absolute atomic E-state index is 13.5. The number of piperazine rings is 1. The highest BCUT2D eigenvalue weighted by Crippen LogP contribution is 2.36. The first-order valence-electron chi connectivity index (χ1n) is 47.5. The number of amides is 8. The van der Waals surface area contributed by atoms with Gasteiger partial charge in [0, 0.05) is 119 Å². The standard InChI is InChI=1S/C24H31ClN10O2.C24H26ClN9O3.C24H32ClN9O3.C23H24ClN9O2S/c1-15-18(30-19(25)20(26)29-15)21(36)31-23-28-14-24(32-23)5-7-35(8-6-24)22(37)16-3-4-17(27-13-16)34-11-9-33(2)10-12-34;1-12-3-5-14(6-4-12)16-15(13(2)37-33-16)22(36)34-9-7-24(8-10-34)11-28-23(32-24)31-21(35)17-19(26)30-20(27)18(25)29-17;1-14(2)37-12-9-28-16-5-3-15(4-6-16)22(36)34-10-7-24(8-11-34)13-29-23(33-24)32-21(35)17-19(26)31-20(27)18(25)30-17;1-12-2-4-13(5-3-12)20-28-14(10-36-20)21(35)33-8-6-23(7-9-33)11-27-22(32-23)31-19(34)15-17(25)30-18(26)16(24)29-15/h3-4,13H,5-12,14H2,1-2H3,(H2,26,29)(H2,28,31,32,36);3-6H,7-11H2,1-2H3,(H4,26,27,30)(H2,28,31,32,35);3-6,14,28H,7-13H2,1-2H3,(H4,26,27,31)(H2,29,32,33,35);2-5,10H,6-9,11H2,1H3,(H4,25,26,30)(H2,27,31,32,34). The number of hydrogen-bond acceptors (Lipinski definition) is 40. The van der Waals surface area contributed by atoms with Gasteiger partial charge in [-0.3, -0.25) is 79.6 Å². The Morgan fingerprint density at radius 1 is 0.435 bits per heavy atom. The van der Waals surface area contributed by atoms with Gasteiger partial charge in [0.25, 0.3) is 47.3 Å². The van der Waals surface area contributed by atoms with Crippen LogP contribution in [0, 0.1) is 27.7 Å². The molecule has 47 nitrogen and oxygen atoms in total. The number of aliphatic imine (C=N–C) groups is 4. The zero-order valence-corrected chi connectivity index (χ0v) is 85.5. The molecule has 5 fully saturated rings. The number of likely N-dealkylation sites (tertiary alicyclic amines) is 4. The number of ether oxygens (including phenoxy) is 1. The molecule has 16 heterocycles. The van der Waals surface area contributed by atoms with Crippen molar-refractivity contribution in [1.29, 1.82) is 0 Å². The molecule has 4 spiro atoms. The number of guanidine groups is 4. The monoisotopic (exact) mass is 2100 g/mol. The van der Waals surface area contributed by atoms with Gasteiger partial charge in [-0.1, -0.05) is 111 Å². The lowest BCUT2D eigenvalue weighted by Gasteiger charge is -2.39. The minimum atomic E-state index is -0.602. The summed E-state index contributed by atoms with van der Waals surface area (Å²) in [7, 11) is 2.12. The van der Waals surface area contributed by atoms with Crippen molar-refractivity contribution in [2.24, 2.45) is 20.0 Å². The number of benzene rings is 3. The van der Waals surface area contributed by atoms with Crippen LogP contribution >= 0.6 is 57.7 Å². The second-order valence-electron chi connectivity index (χ2n) is 37.4. The molecule has 5 saturated heterocycles. The Morgan fingerprint density at radius 3 is 1.22 bits per heavy atom. The molecular formula is C95H113Cl4N37O10S. The average molecular weight is 2110 g/mol. The number of piperidine rings is 4. The lowest BCUT2D eigenvalue weighted by Crippen LogP contribution is -2.57. The van der Waals surface area contributed by atoms with Crippen molar-refractivity contribution in [3.63, 3.8) is 0 Å². The van der Waals surface area contributed by atoms with Gasteiger partial charge in [0.15, 0.2) is 108 Å². The number of anilines is 9. The first-order valence-corrected chi connectivity index (χ1v) is 49.9. The molecule has 7 aromatic heterocycles. The number of nitrogens with one attached hydrogen (secondary N) is 9. The number of hydrogen-bond donors (Lipinski definition) is 16. The summed E-state index contributed by atoms with van der Waals surface area (Å²) in [6.45, 7) is 23.0. The summed E-state index contributed by atoms with van der Waals surface area (Å²) in [4.78, 5) is 173. The van der Waals surface area contributed by atoms with Crippen LogP contribution in [0.3, 0.4) is 0 Å². The van der Waals surface area contributed by atoms with Crippen LogP contribution in [0.4, 0.5) is 52.2 Å². The van der Waals surface area contributed by atoms with E-state index in [-0.39, 0.29) is 136 Å². The van der Waals surface area contributed by atoms with Gasteiger partial charge in [-0.05, 0) is 136 Å². The van der Waals surface area contributed by atoms with Crippen LogP contribution in [0.2, 0.25) is 20.6 Å². The highest BCUT2D eigenvalue weighted by Gasteiger charge is 2.46. The summed E-state index contributed by atoms with van der Waals surface area (Å²) in [5, 5.41) is 33.8. The lowest BCUT2D eigenvalue weighted by atomic mass is 9.88. The predicted molar refractivity (Wildman–Crippen MR) is 561 cm³/mol. The van der Waals surface area contributed by atoms with Crippen LogP contribution in [0.1, 0.15) is 171 Å². The molecule has 772 valence electrons. The fourth-order valence-electron chi connectivity index (χ4n) is 17.8. The Hall–Kier alpha value is -15.1. The summed E-state index contributed by atoms with van der Waals surface area (Å²) in [5.41, 5.74) is 46.1. The van der Waals surface area contributed by atoms with Crippen LogP contribution in [0.15, 0.2) is 121 Å². The molecule has 10 aromatic rings. The van der Waals surface area contributed by atoms with Gasteiger partial charge in [-0.25, -0.2) is 49.8 Å². The van der Waals surface area contributed by atoms with E-state index in [0.29, 0.717) is 206 Å². The second kappa shape index (κ2) is 44.9. The number of likely N-dealkylation sites (N-methyl/N-ethyl adjacent to an activating group) is 1. The van der Waals surface area contributed by atoms with Crippen molar-refractivity contribution in [2.75, 3.05) is 175 Å². The normalized spacial score (nSPS) is 17.2. The Bertz CT molecular complexity index is 6770. The number of aromatic nitrogens is 11. The number of aryl methyl sites for hydroxylation is 4. The molecule has 0 atom stereocenters. The largest absolute Gasteiger partial charge is 0.383 e. The van der Waals surface area contributed by atoms with Crippen molar-refractivity contribution in [3.8, 4) is 21.8 Å². The average Bonchev–Trinajstić information content (AvgIpc) is 1.70. The molecule has 8 amide bonds. The van der Waals surface area contributed by atoms with Gasteiger partial charge >= 0.3 is 0 Å². The summed E-state index contributed by atoms with van der Waals surface area (Å²) in [5.74, 6) is -0.220. The van der Waals surface area contributed by atoms with Crippen molar-refractivity contribution in [2.45, 2.75) is 121 Å². The maximum Gasteiger partial charge on any atom is 0.280 e. The molecule has 52 heteroatoms. The summed E-state index contributed by atoms with van der Waals surface area (Å²) in [6.07, 6.45) is 7.30. The Morgan fingerprint density at radius 2 is 0.810 bits per heavy atom. The number of nitrogens with zero attached hydrogens (tertiary/aromatic N) is 21. The van der Waals surface area contributed by atoms with Gasteiger partial charge in [0.1, 0.15) is 33.5 Å². The third kappa shape index (κ3) is 24.8. The first-order chi connectivity index (χ1) is 70.3. The highest BCUT2D eigenvalue weighted by atomic mass is 35.5. The number of halogens is 4. The van der Waals surface area contributed by atoms with E-state index in [1.165, 1.54) is 16.9 Å². The SMILES string of the molecule is CC(C)OCCNc1ccc(C(=O)N2CCC3(CC2)CN=C(NC(=O)c2nc(Cl)c(N)nc2N)N3)cc1.Cc1ccc(-c2nc(C(=O)N3CCC4(CC3)CN=C(NC(=O)c3nc(Cl)c(N)nc3N)N4)cs2)cc1.Cc1ccc(-c2noc(C)c2C(=O)N2CCC3(CC2)CN=C(NC(=O)c2nc(Cl)c(N)nc2N)N3)cc1.Cc1nc(N)c(Cl)nc1C(=O)NC1=NCC2(CCN(C(=O)c3ccc(N4CCN(C)CC4)nc3)CC2)N1. The van der Waals surface area contributed by atoms with Gasteiger partial charge < -0.3 is 105 Å². The molecule has 0 bridgehead atoms. The van der Waals surface area contributed by atoms with Gasteiger partial charge in [0.2, 0.25) is 0 Å². The van der Waals surface area contributed by atoms with E-state index in [4.69, 9.17) is 95.8 Å². The van der Waals surface area contributed by atoms with Crippen molar-refractivity contribution >= 4 is 181 Å². The van der Waals surface area contributed by atoms with Gasteiger partial charge in [-0.2, -0.15) is 0 Å². The number of carbonyl (C=O) groups excluding carboxylic acids is 8. The minimum absolute atomic E-state index is 0.00809. The van der Waals surface area contributed by atoms with E-state index in [2.05, 4.69) is 140 Å². The number of carbonyl (C=O) groups is 8. The molecule has 9 aliphatic rings. The van der Waals surface area contributed by atoms with Crippen LogP contribution in [-0.2, 0) is 4.74 Å². The predicted octanol–water partition coefficient (Wildman–Crippen LogP) is 6.05. The van der Waals surface area contributed by atoms with Crippen LogP contribution in [-0.4, -0.2) is 304 Å². The molecule has 9 aliphatic heterocycles. The molecule has 0 unspecified atom stereocenters. The van der Waals surface area contributed by atoms with E-state index >= 15 is 0 Å². The molecule has 0 saturated carbocycles. The Kier molecular flexibility index (Phi) is 32.0. The number of nitrogen functional groups attached to an aromatic ring is 7. The molecule has 23 N–H and O–H groups in total. The molecule has 147 heavy (non-hydrogen) atoms. The zero-order valence-electron chi connectivity index (χ0n) is 81.6. The lowest BCUT2D eigenvalue weighted by molar-refractivity contribution is 0.0656. The quantitative estimate of drug-likeness (QED) is 0.0490. The number of pyridine rings is 1. The minimum Gasteiger partial charge on any atom is -0.383 e. The first kappa shape index (κ1) is 105. The highest BCUT2D eigenvalue weighted by molar-refractivity contribution is 7.13. The maximum atomic E-state index is 13.5. The Labute approximate surface area is 868 Å². The summed E-state index contributed by atoms with van der Waals surface area (Å²) in [6, 6.07) is 27.2. The second-order valence-corrected chi connectivity index (χ2v) is 39.6. The van der Waals surface area contributed by atoms with Crippen LogP contribution in [0.5, 0.6) is 0 Å². The van der Waals surface area contributed by atoms with E-state index in [0.717, 1.165) is 59.4 Å². The van der Waals surface area contributed by atoms with E-state index in [1.54, 1.807) is 24.9 Å². The van der Waals surface area contributed by atoms with E-state index < -0.39 is 23.6 Å². The summed E-state index contributed by atoms with van der Waals surface area (Å²) >= 11 is 25.0. The van der Waals surface area contributed by atoms with Crippen molar-refractivity contribution in [3.05, 3.63) is 185 Å². The third-order valence-electron chi connectivity index (χ3n) is 26.5. The number of rotatable bonds is 16. The molecule has 0 aliphatic carbocycles.